The number of aryl methyl sites for hydroxylation is 1. The van der Waals surface area contributed by atoms with Crippen molar-refractivity contribution in [2.45, 2.75) is 0 Å². The molecule has 0 saturated carbocycles. The molecule has 0 fully saturated rings. The van der Waals surface area contributed by atoms with Gasteiger partial charge in [-0.1, -0.05) is 36.9 Å². The van der Waals surface area contributed by atoms with Crippen molar-refractivity contribution in [2.24, 2.45) is 7.05 Å². The molecule has 1 aromatic carbocycles. The molecule has 2 aromatic rings. The maximum absolute atomic E-state index is 4.07. The molecule has 0 saturated heterocycles. The summed E-state index contributed by atoms with van der Waals surface area (Å²) in [5.74, 6) is 0. The van der Waals surface area contributed by atoms with Gasteiger partial charge >= 0.3 is 0 Å². The number of benzene rings is 1. The van der Waals surface area contributed by atoms with E-state index in [0.29, 0.717) is 0 Å². The highest BCUT2D eigenvalue weighted by Crippen LogP contribution is 2.13. The molecule has 1 aromatic heterocycles. The molecule has 0 spiro atoms. The first kappa shape index (κ1) is 11.3. The maximum Gasteiger partial charge on any atom is 0.204 e. The van der Waals surface area contributed by atoms with Crippen molar-refractivity contribution in [1.82, 2.24) is 0 Å². The topological polar surface area (TPSA) is 3.88 Å². The van der Waals surface area contributed by atoms with E-state index < -0.39 is 0 Å². The van der Waals surface area contributed by atoms with Gasteiger partial charge in [0.1, 0.15) is 7.05 Å². The molecule has 0 aliphatic carbocycles. The molecule has 2 rings (SSSR count). The fraction of sp³-hybridized carbons (Fsp3) is 0.0625. The minimum atomic E-state index is 1.02. The third kappa shape index (κ3) is 2.91. The molecule has 1 heterocycles. The van der Waals surface area contributed by atoms with Crippen LogP contribution in [0.4, 0.5) is 0 Å². The lowest BCUT2D eigenvalue weighted by Gasteiger charge is -1.98. The normalized spacial score (nSPS) is 10.6. The summed E-state index contributed by atoms with van der Waals surface area (Å²) in [6, 6.07) is 16.3. The Morgan fingerprint density at radius 3 is 2.47 bits per heavy atom. The molecule has 0 aliphatic heterocycles. The first-order valence-corrected chi connectivity index (χ1v) is 5.64. The van der Waals surface area contributed by atoms with Gasteiger partial charge in [-0.05, 0) is 23.3 Å². The van der Waals surface area contributed by atoms with Gasteiger partial charge in [-0.15, -0.1) is 0 Å². The van der Waals surface area contributed by atoms with Gasteiger partial charge in [-0.3, -0.25) is 0 Å². The van der Waals surface area contributed by atoms with Crippen molar-refractivity contribution in [1.29, 1.82) is 0 Å². The first-order chi connectivity index (χ1) is 8.27. The van der Waals surface area contributed by atoms with Gasteiger partial charge in [0.05, 0.1) is 0 Å². The Kier molecular flexibility index (Phi) is 3.51. The molecule has 0 amide bonds. The summed E-state index contributed by atoms with van der Waals surface area (Å²) < 4.78 is 2.08. The third-order valence-electron chi connectivity index (χ3n) is 2.69. The van der Waals surface area contributed by atoms with Crippen molar-refractivity contribution in [2.75, 3.05) is 0 Å². The number of allylic oxidation sites excluding steroid dienone is 2. The zero-order valence-electron chi connectivity index (χ0n) is 10.0. The molecule has 0 bridgehead atoms. The van der Waals surface area contributed by atoms with E-state index in [0.717, 1.165) is 16.8 Å². The zero-order chi connectivity index (χ0) is 12.1. The Labute approximate surface area is 102 Å². The van der Waals surface area contributed by atoms with Crippen molar-refractivity contribution in [3.05, 3.63) is 78.6 Å². The predicted molar refractivity (Wildman–Crippen MR) is 72.1 cm³/mol. The largest absolute Gasteiger partial charge is 0.204 e. The summed E-state index contributed by atoms with van der Waals surface area (Å²) >= 11 is 0. The summed E-state index contributed by atoms with van der Waals surface area (Å²) in [4.78, 5) is 0. The van der Waals surface area contributed by atoms with E-state index in [9.17, 15) is 0 Å². The van der Waals surface area contributed by atoms with E-state index in [1.54, 1.807) is 0 Å². The second kappa shape index (κ2) is 5.26. The fourth-order valence-corrected chi connectivity index (χ4v) is 1.64. The monoisotopic (exact) mass is 222 g/mol. The standard InChI is InChI=1S/C16H16N/c1-14(15-8-4-3-5-9-15)11-12-16-10-6-7-13-17(16)2/h3-13H,1H2,2H3/q+1/b12-11-. The highest BCUT2D eigenvalue weighted by Gasteiger charge is 1.99. The second-order valence-corrected chi connectivity index (χ2v) is 3.96. The van der Waals surface area contributed by atoms with Gasteiger partial charge in [0, 0.05) is 18.2 Å². The smallest absolute Gasteiger partial charge is 0.202 e. The van der Waals surface area contributed by atoms with Gasteiger partial charge in [-0.25, -0.2) is 4.57 Å². The molecular weight excluding hydrogens is 206 g/mol. The average molecular weight is 222 g/mol. The molecule has 1 heteroatoms. The van der Waals surface area contributed by atoms with Crippen LogP contribution in [0.25, 0.3) is 11.6 Å². The van der Waals surface area contributed by atoms with Crippen LogP contribution in [-0.2, 0) is 7.05 Å². The third-order valence-corrected chi connectivity index (χ3v) is 2.69. The lowest BCUT2D eigenvalue weighted by Crippen LogP contribution is -2.30. The molecule has 0 unspecified atom stereocenters. The molecule has 0 N–H and O–H groups in total. The summed E-state index contributed by atoms with van der Waals surface area (Å²) in [5.41, 5.74) is 3.33. The number of rotatable bonds is 3. The van der Waals surface area contributed by atoms with Crippen LogP contribution in [-0.4, -0.2) is 0 Å². The van der Waals surface area contributed by atoms with E-state index in [2.05, 4.69) is 35.4 Å². The van der Waals surface area contributed by atoms with E-state index in [-0.39, 0.29) is 0 Å². The Morgan fingerprint density at radius 1 is 1.06 bits per heavy atom. The quantitative estimate of drug-likeness (QED) is 0.554. The van der Waals surface area contributed by atoms with Gasteiger partial charge in [0.25, 0.3) is 0 Å². The highest BCUT2D eigenvalue weighted by molar-refractivity contribution is 5.76. The average Bonchev–Trinajstić information content (AvgIpc) is 2.38. The number of hydrogen-bond acceptors (Lipinski definition) is 0. The number of nitrogens with zero attached hydrogens (tertiary/aromatic N) is 1. The van der Waals surface area contributed by atoms with Crippen LogP contribution >= 0.6 is 0 Å². The zero-order valence-corrected chi connectivity index (χ0v) is 10.0. The summed E-state index contributed by atoms with van der Waals surface area (Å²) in [6.45, 7) is 4.07. The van der Waals surface area contributed by atoms with Crippen LogP contribution < -0.4 is 4.57 Å². The van der Waals surface area contributed by atoms with Gasteiger partial charge in [-0.2, -0.15) is 0 Å². The lowest BCUT2D eigenvalue weighted by atomic mass is 10.1. The summed E-state index contributed by atoms with van der Waals surface area (Å²) in [6.07, 6.45) is 6.16. The molecular formula is C16H16N+. The number of aromatic nitrogens is 1. The van der Waals surface area contributed by atoms with Gasteiger partial charge in [0.2, 0.25) is 5.69 Å². The Hall–Kier alpha value is -2.15. The van der Waals surface area contributed by atoms with E-state index in [4.69, 9.17) is 0 Å². The van der Waals surface area contributed by atoms with Gasteiger partial charge < -0.3 is 0 Å². The second-order valence-electron chi connectivity index (χ2n) is 3.96. The van der Waals surface area contributed by atoms with Crippen molar-refractivity contribution in [3.8, 4) is 0 Å². The molecule has 0 radical (unpaired) electrons. The Bertz CT molecular complexity index is 538. The number of hydrogen-bond donors (Lipinski definition) is 0. The van der Waals surface area contributed by atoms with E-state index >= 15 is 0 Å². The number of pyridine rings is 1. The minimum Gasteiger partial charge on any atom is -0.202 e. The maximum atomic E-state index is 4.07. The van der Waals surface area contributed by atoms with Crippen LogP contribution in [0, 0.1) is 0 Å². The van der Waals surface area contributed by atoms with Crippen LogP contribution in [0.1, 0.15) is 11.3 Å². The summed E-state index contributed by atoms with van der Waals surface area (Å²) in [5, 5.41) is 0. The van der Waals surface area contributed by atoms with Crippen LogP contribution in [0.15, 0.2) is 67.4 Å². The predicted octanol–water partition coefficient (Wildman–Crippen LogP) is 3.24. The van der Waals surface area contributed by atoms with Crippen LogP contribution in [0.2, 0.25) is 0 Å². The minimum absolute atomic E-state index is 1.02. The van der Waals surface area contributed by atoms with E-state index in [1.165, 1.54) is 0 Å². The molecule has 1 nitrogen and oxygen atoms in total. The lowest BCUT2D eigenvalue weighted by molar-refractivity contribution is -0.673. The van der Waals surface area contributed by atoms with Crippen molar-refractivity contribution in [3.63, 3.8) is 0 Å². The Morgan fingerprint density at radius 2 is 1.76 bits per heavy atom. The van der Waals surface area contributed by atoms with Crippen molar-refractivity contribution < 1.29 is 4.57 Å². The summed E-state index contributed by atoms with van der Waals surface area (Å²) in [7, 11) is 2.03. The highest BCUT2D eigenvalue weighted by atomic mass is 14.9. The molecule has 0 aliphatic rings. The van der Waals surface area contributed by atoms with E-state index in [1.807, 2.05) is 49.7 Å². The molecule has 17 heavy (non-hydrogen) atoms. The first-order valence-electron chi connectivity index (χ1n) is 5.64. The van der Waals surface area contributed by atoms with Crippen LogP contribution in [0.5, 0.6) is 0 Å². The fourth-order valence-electron chi connectivity index (χ4n) is 1.64. The van der Waals surface area contributed by atoms with Crippen molar-refractivity contribution >= 4 is 11.6 Å². The SMILES string of the molecule is C=C(/C=C\c1cccc[n+]1C)c1ccccc1. The Balaban J connectivity index is 2.17. The molecule has 84 valence electrons. The molecule has 0 atom stereocenters. The van der Waals surface area contributed by atoms with Crippen LogP contribution in [0.3, 0.4) is 0 Å². The van der Waals surface area contributed by atoms with Gasteiger partial charge in [0.15, 0.2) is 6.20 Å².